The number of fused-ring (bicyclic) bond motifs is 5. The third-order valence-electron chi connectivity index (χ3n) is 7.36. The van der Waals surface area contributed by atoms with Crippen molar-refractivity contribution in [2.24, 2.45) is 0 Å². The lowest BCUT2D eigenvalue weighted by Crippen LogP contribution is -1.93. The Morgan fingerprint density at radius 1 is 0.590 bits per heavy atom. The molecule has 2 heterocycles. The minimum atomic E-state index is -2.66. The highest BCUT2D eigenvalue weighted by Gasteiger charge is 2.17. The molecule has 0 aliphatic rings. The van der Waals surface area contributed by atoms with Crippen LogP contribution in [0.1, 0.15) is 34.6 Å². The second-order valence-corrected chi connectivity index (χ2v) is 9.87. The monoisotopic (exact) mass is 512 g/mol. The van der Waals surface area contributed by atoms with Crippen LogP contribution in [-0.2, 0) is 0 Å². The number of para-hydroxylation sites is 1. The van der Waals surface area contributed by atoms with Crippen molar-refractivity contribution in [2.75, 3.05) is 0 Å². The number of furan rings is 1. The van der Waals surface area contributed by atoms with E-state index in [1.807, 2.05) is 54.6 Å². The summed E-state index contributed by atoms with van der Waals surface area (Å²) >= 11 is 0. The van der Waals surface area contributed by atoms with Gasteiger partial charge in [-0.2, -0.15) is 0 Å². The van der Waals surface area contributed by atoms with Gasteiger partial charge in [-0.15, -0.1) is 0 Å². The van der Waals surface area contributed by atoms with Crippen molar-refractivity contribution in [1.82, 2.24) is 4.98 Å². The van der Waals surface area contributed by atoms with Gasteiger partial charge in [0.25, 0.3) is 0 Å². The predicted molar refractivity (Wildman–Crippen MR) is 164 cm³/mol. The number of hydrogen-bond acceptors (Lipinski definition) is 2. The lowest BCUT2D eigenvalue weighted by atomic mass is 9.91. The highest BCUT2D eigenvalue weighted by molar-refractivity contribution is 6.17. The first kappa shape index (κ1) is 15.7. The van der Waals surface area contributed by atoms with Gasteiger partial charge in [0.15, 0.2) is 0 Å². The van der Waals surface area contributed by atoms with Crippen LogP contribution in [-0.4, -0.2) is 4.98 Å². The van der Waals surface area contributed by atoms with Crippen molar-refractivity contribution in [3.63, 3.8) is 0 Å². The Kier molecular flexibility index (Phi) is 3.60. The normalized spacial score (nSPS) is 16.0. The summed E-state index contributed by atoms with van der Waals surface area (Å²) in [4.78, 5) is 4.56. The summed E-state index contributed by atoms with van der Waals surface area (Å²) in [6, 6.07) is 28.9. The summed E-state index contributed by atoms with van der Waals surface area (Å²) in [6.45, 7) is -5.91. The maximum Gasteiger partial charge on any atom is 0.144 e. The van der Waals surface area contributed by atoms with Gasteiger partial charge in [-0.05, 0) is 90.0 Å². The molecule has 39 heavy (non-hydrogen) atoms. The Bertz CT molecular complexity index is 2380. The van der Waals surface area contributed by atoms with Gasteiger partial charge >= 0.3 is 0 Å². The number of benzene rings is 5. The molecule has 0 saturated heterocycles. The van der Waals surface area contributed by atoms with E-state index in [1.165, 1.54) is 12.3 Å². The average molecular weight is 513 g/mol. The second-order valence-electron chi connectivity index (χ2n) is 9.87. The number of aryl methyl sites for hydroxylation is 4. The van der Waals surface area contributed by atoms with Crippen LogP contribution in [0.2, 0.25) is 0 Å². The third-order valence-corrected chi connectivity index (χ3v) is 7.36. The lowest BCUT2D eigenvalue weighted by molar-refractivity contribution is 0.673. The minimum Gasteiger partial charge on any atom is -0.455 e. The van der Waals surface area contributed by atoms with Crippen molar-refractivity contribution in [3.8, 4) is 33.5 Å². The van der Waals surface area contributed by atoms with E-state index in [9.17, 15) is 0 Å². The Balaban J connectivity index is 1.46. The van der Waals surface area contributed by atoms with E-state index >= 15 is 0 Å². The lowest BCUT2D eigenvalue weighted by Gasteiger charge is -2.14. The highest BCUT2D eigenvalue weighted by Crippen LogP contribution is 2.40. The van der Waals surface area contributed by atoms with Crippen LogP contribution < -0.4 is 0 Å². The summed E-state index contributed by atoms with van der Waals surface area (Å²) < 4.78 is 81.1. The van der Waals surface area contributed by atoms with Gasteiger partial charge in [-0.1, -0.05) is 84.4 Å². The van der Waals surface area contributed by atoms with Gasteiger partial charge in [-0.3, -0.25) is 4.98 Å². The zero-order valence-electron chi connectivity index (χ0n) is 30.2. The summed E-state index contributed by atoms with van der Waals surface area (Å²) in [6.07, 6.45) is 1.28. The van der Waals surface area contributed by atoms with E-state index in [0.29, 0.717) is 28.0 Å². The van der Waals surface area contributed by atoms with E-state index in [2.05, 4.69) is 4.98 Å². The van der Waals surface area contributed by atoms with Crippen molar-refractivity contribution < 1.29 is 16.8 Å². The van der Waals surface area contributed by atoms with Crippen LogP contribution >= 0.6 is 0 Å². The maximum absolute atomic E-state index is 8.46. The summed E-state index contributed by atoms with van der Waals surface area (Å²) in [5.41, 5.74) is 4.16. The van der Waals surface area contributed by atoms with E-state index < -0.39 is 20.6 Å². The molecule has 5 aromatic carbocycles. The Morgan fingerprint density at radius 3 is 2.28 bits per heavy atom. The van der Waals surface area contributed by atoms with Crippen LogP contribution in [0, 0.1) is 27.5 Å². The standard InChI is InChI=1S/C37H29NO/c1-22-12-15-28(23(2)18-22)27-14-16-29(24(3)19-27)34-20-35(38-21-25(34)4)33-11-7-10-31-32-17-13-26-8-5-6-9-30(26)36(32)39-37(31)33/h5-21H,1-4H3/i2D3,3D3,4D3. The van der Waals surface area contributed by atoms with Crippen molar-refractivity contribution in [1.29, 1.82) is 0 Å². The molecular formula is C37H29NO. The van der Waals surface area contributed by atoms with Gasteiger partial charge < -0.3 is 4.42 Å². The molecule has 0 fully saturated rings. The molecule has 2 nitrogen and oxygen atoms in total. The first-order valence-corrected chi connectivity index (χ1v) is 12.7. The van der Waals surface area contributed by atoms with E-state index in [-0.39, 0.29) is 27.8 Å². The summed E-state index contributed by atoms with van der Waals surface area (Å²) in [5.74, 6) is 0. The fraction of sp³-hybridized carbons (Fsp3) is 0.108. The molecule has 0 radical (unpaired) electrons. The molecule has 0 atom stereocenters. The minimum absolute atomic E-state index is 0.104. The zero-order chi connectivity index (χ0) is 34.2. The quantitative estimate of drug-likeness (QED) is 0.235. The maximum atomic E-state index is 8.46. The fourth-order valence-corrected chi connectivity index (χ4v) is 5.41. The van der Waals surface area contributed by atoms with Gasteiger partial charge in [-0.25, -0.2) is 0 Å². The van der Waals surface area contributed by atoms with E-state index in [4.69, 9.17) is 16.8 Å². The highest BCUT2D eigenvalue weighted by atomic mass is 16.3. The molecule has 0 bridgehead atoms. The Labute approximate surface area is 241 Å². The smallest absolute Gasteiger partial charge is 0.144 e. The van der Waals surface area contributed by atoms with Crippen LogP contribution in [0.25, 0.3) is 66.2 Å². The number of aromatic nitrogens is 1. The second kappa shape index (κ2) is 8.96. The molecule has 0 unspecified atom stereocenters. The fourth-order valence-electron chi connectivity index (χ4n) is 5.41. The average Bonchev–Trinajstić information content (AvgIpc) is 3.42. The molecule has 0 aliphatic carbocycles. The van der Waals surface area contributed by atoms with Gasteiger partial charge in [0, 0.05) is 40.3 Å². The molecule has 0 N–H and O–H groups in total. The first-order chi connectivity index (χ1) is 22.6. The van der Waals surface area contributed by atoms with Crippen molar-refractivity contribution in [2.45, 2.75) is 27.5 Å². The largest absolute Gasteiger partial charge is 0.455 e. The molecule has 7 rings (SSSR count). The Morgan fingerprint density at radius 2 is 1.38 bits per heavy atom. The zero-order valence-corrected chi connectivity index (χ0v) is 21.2. The number of hydrogen-bond donors (Lipinski definition) is 0. The SMILES string of the molecule is [2H]C([2H])([2H])c1cc(C)ccc1-c1ccc(-c2cc(-c3cccc4c3oc3c5ccccc5ccc43)ncc2C([2H])([2H])[2H])c(C([2H])([2H])[2H])c1. The molecule has 0 spiro atoms. The molecule has 188 valence electrons. The predicted octanol–water partition coefficient (Wildman–Crippen LogP) is 10.4. The molecule has 0 saturated carbocycles. The van der Waals surface area contributed by atoms with Crippen LogP contribution in [0.5, 0.6) is 0 Å². The van der Waals surface area contributed by atoms with Gasteiger partial charge in [0.1, 0.15) is 11.2 Å². The molecule has 2 aromatic heterocycles. The van der Waals surface area contributed by atoms with Gasteiger partial charge in [0.2, 0.25) is 0 Å². The van der Waals surface area contributed by atoms with Crippen LogP contribution in [0.4, 0.5) is 0 Å². The molecule has 2 heteroatoms. The van der Waals surface area contributed by atoms with Crippen LogP contribution in [0.15, 0.2) is 108 Å². The Hall–Kier alpha value is -4.69. The van der Waals surface area contributed by atoms with Crippen molar-refractivity contribution >= 4 is 32.7 Å². The molecule has 0 amide bonds. The summed E-state index contributed by atoms with van der Waals surface area (Å²) in [7, 11) is 0. The molecular weight excluding hydrogens is 474 g/mol. The number of nitrogens with zero attached hydrogens (tertiary/aromatic N) is 1. The van der Waals surface area contributed by atoms with Gasteiger partial charge in [0.05, 0.1) is 5.69 Å². The number of rotatable bonds is 3. The van der Waals surface area contributed by atoms with E-state index in [0.717, 1.165) is 32.7 Å². The van der Waals surface area contributed by atoms with Crippen molar-refractivity contribution in [3.05, 3.63) is 126 Å². The topological polar surface area (TPSA) is 26.0 Å². The summed E-state index contributed by atoms with van der Waals surface area (Å²) in [5, 5.41) is 3.79. The molecule has 7 aromatic rings. The third kappa shape index (κ3) is 3.83. The first-order valence-electron chi connectivity index (χ1n) is 17.2. The molecule has 0 aliphatic heterocycles. The van der Waals surface area contributed by atoms with Crippen LogP contribution in [0.3, 0.4) is 0 Å². The number of pyridine rings is 1. The van der Waals surface area contributed by atoms with E-state index in [1.54, 1.807) is 43.3 Å².